The molecule has 2 aromatic heterocycles. The van der Waals surface area contributed by atoms with Gasteiger partial charge in [0.25, 0.3) is 5.69 Å². The Morgan fingerprint density at radius 3 is 2.58 bits per heavy atom. The summed E-state index contributed by atoms with van der Waals surface area (Å²) >= 11 is 5.79. The average Bonchev–Trinajstić information content (AvgIpc) is 3.57. The fraction of sp³-hybridized carbons (Fsp3) is 0.179. The summed E-state index contributed by atoms with van der Waals surface area (Å²) < 4.78 is 17.2. The van der Waals surface area contributed by atoms with Crippen molar-refractivity contribution in [3.8, 4) is 22.8 Å². The van der Waals surface area contributed by atoms with Crippen LogP contribution >= 0.6 is 12.2 Å². The largest absolute Gasteiger partial charge is 0.496 e. The molecule has 204 valence electrons. The van der Waals surface area contributed by atoms with Gasteiger partial charge >= 0.3 is 0 Å². The molecule has 11 nitrogen and oxygen atoms in total. The molecule has 0 saturated carbocycles. The number of nitro benzene ring substituents is 1. The maximum atomic E-state index is 11.9. The van der Waals surface area contributed by atoms with Crippen LogP contribution in [-0.2, 0) is 4.79 Å². The molecule has 1 aliphatic rings. The Balaban J connectivity index is 1.61. The average molecular weight is 560 g/mol. The molecule has 40 heavy (non-hydrogen) atoms. The van der Waals surface area contributed by atoms with Gasteiger partial charge in [-0.2, -0.15) is 0 Å². The van der Waals surface area contributed by atoms with Crippen LogP contribution in [0.4, 0.5) is 17.1 Å². The number of furan rings is 1. The molecule has 1 saturated heterocycles. The lowest BCUT2D eigenvalue weighted by Gasteiger charge is -2.27. The number of benzene rings is 2. The zero-order chi connectivity index (χ0) is 28.4. The van der Waals surface area contributed by atoms with E-state index in [2.05, 4.69) is 15.6 Å². The normalized spacial score (nSPS) is 16.4. The number of non-ortho nitro benzene ring substituents is 1. The Hall–Kier alpha value is -4.97. The van der Waals surface area contributed by atoms with E-state index in [9.17, 15) is 14.9 Å². The first-order chi connectivity index (χ1) is 19.3. The fourth-order valence-corrected chi connectivity index (χ4v) is 5.05. The molecule has 0 unspecified atom stereocenters. The van der Waals surface area contributed by atoms with Gasteiger partial charge in [-0.3, -0.25) is 19.9 Å². The first kappa shape index (κ1) is 26.6. The van der Waals surface area contributed by atoms with Gasteiger partial charge in [-0.25, -0.2) is 0 Å². The molecule has 1 fully saturated rings. The molecule has 1 amide bonds. The van der Waals surface area contributed by atoms with Crippen LogP contribution in [0.25, 0.3) is 11.3 Å². The Bertz CT molecular complexity index is 1590. The van der Waals surface area contributed by atoms with E-state index < -0.39 is 11.0 Å². The second-order valence-electron chi connectivity index (χ2n) is 8.91. The van der Waals surface area contributed by atoms with Crippen LogP contribution in [0.1, 0.15) is 30.5 Å². The number of rotatable bonds is 8. The number of aromatic nitrogens is 1. The monoisotopic (exact) mass is 559 g/mol. The summed E-state index contributed by atoms with van der Waals surface area (Å²) in [4.78, 5) is 29.1. The molecule has 12 heteroatoms. The van der Waals surface area contributed by atoms with Gasteiger partial charge in [0.05, 0.1) is 48.2 Å². The van der Waals surface area contributed by atoms with E-state index >= 15 is 0 Å². The maximum absolute atomic E-state index is 11.9. The Morgan fingerprint density at radius 1 is 1.10 bits per heavy atom. The molecule has 0 radical (unpaired) electrons. The predicted molar refractivity (Wildman–Crippen MR) is 153 cm³/mol. The third-order valence-corrected chi connectivity index (χ3v) is 6.76. The lowest BCUT2D eigenvalue weighted by molar-refractivity contribution is -0.384. The molecule has 3 heterocycles. The van der Waals surface area contributed by atoms with Gasteiger partial charge in [-0.15, -0.1) is 0 Å². The van der Waals surface area contributed by atoms with E-state index in [-0.39, 0.29) is 17.6 Å². The van der Waals surface area contributed by atoms with Crippen molar-refractivity contribution in [2.45, 2.75) is 19.0 Å². The number of amides is 1. The van der Waals surface area contributed by atoms with E-state index in [0.29, 0.717) is 45.1 Å². The molecule has 4 aromatic rings. The minimum Gasteiger partial charge on any atom is -0.496 e. The number of pyridine rings is 1. The van der Waals surface area contributed by atoms with Crippen molar-refractivity contribution in [3.05, 3.63) is 94.5 Å². The summed E-state index contributed by atoms with van der Waals surface area (Å²) in [5, 5.41) is 17.9. The second kappa shape index (κ2) is 11.0. The zero-order valence-corrected chi connectivity index (χ0v) is 22.6. The Kier molecular flexibility index (Phi) is 7.34. The van der Waals surface area contributed by atoms with Crippen LogP contribution in [0.5, 0.6) is 11.5 Å². The van der Waals surface area contributed by atoms with Crippen molar-refractivity contribution in [1.82, 2.24) is 10.3 Å². The van der Waals surface area contributed by atoms with E-state index in [4.69, 9.17) is 26.1 Å². The van der Waals surface area contributed by atoms with E-state index in [1.54, 1.807) is 30.5 Å². The highest BCUT2D eigenvalue weighted by molar-refractivity contribution is 7.80. The smallest absolute Gasteiger partial charge is 0.273 e. The van der Waals surface area contributed by atoms with Crippen molar-refractivity contribution in [2.75, 3.05) is 24.4 Å². The number of nitrogens with zero attached hydrogens (tertiary/aromatic N) is 3. The van der Waals surface area contributed by atoms with Crippen molar-refractivity contribution in [2.24, 2.45) is 0 Å². The standard InChI is InChI=1S/C28H25N5O6S/c1-16(34)30-21-14-17(8-10-23(21)37-2)32-27(26(31-28(32)40)20-6-4-5-13-29-20)24-12-11-22(39-24)19-9-7-18(33(35)36)15-25(19)38-3/h4-15,26-27H,1-3H3,(H,30,34)(H,31,40)/t26-,27+/m0/s1. The van der Waals surface area contributed by atoms with Crippen molar-refractivity contribution < 1.29 is 23.6 Å². The van der Waals surface area contributed by atoms with Crippen LogP contribution in [0.3, 0.4) is 0 Å². The first-order valence-electron chi connectivity index (χ1n) is 12.2. The van der Waals surface area contributed by atoms with Gasteiger partial charge in [-0.05, 0) is 60.7 Å². The molecular weight excluding hydrogens is 534 g/mol. The number of anilines is 2. The van der Waals surface area contributed by atoms with E-state index in [1.165, 1.54) is 33.3 Å². The van der Waals surface area contributed by atoms with Crippen molar-refractivity contribution in [1.29, 1.82) is 0 Å². The molecule has 5 rings (SSSR count). The van der Waals surface area contributed by atoms with Crippen molar-refractivity contribution in [3.63, 3.8) is 0 Å². The molecule has 2 aromatic carbocycles. The van der Waals surface area contributed by atoms with E-state index in [0.717, 1.165) is 5.69 Å². The number of carbonyl (C=O) groups is 1. The summed E-state index contributed by atoms with van der Waals surface area (Å²) in [6.07, 6.45) is 1.71. The predicted octanol–water partition coefficient (Wildman–Crippen LogP) is 5.40. The highest BCUT2D eigenvalue weighted by Crippen LogP contribution is 2.45. The maximum Gasteiger partial charge on any atom is 0.273 e. The number of nitrogens with one attached hydrogen (secondary N) is 2. The van der Waals surface area contributed by atoms with Crippen LogP contribution < -0.4 is 25.0 Å². The fourth-order valence-electron chi connectivity index (χ4n) is 4.71. The summed E-state index contributed by atoms with van der Waals surface area (Å²) in [5.74, 6) is 1.60. The molecular formula is C28H25N5O6S. The number of methoxy groups -OCH3 is 2. The molecule has 2 N–H and O–H groups in total. The SMILES string of the molecule is COc1ccc(N2C(=S)N[C@@H](c3ccccn3)[C@H]2c2ccc(-c3ccc([N+](=O)[O-])cc3OC)o2)cc1NC(C)=O. The lowest BCUT2D eigenvalue weighted by atomic mass is 10.0. The number of carbonyl (C=O) groups excluding carboxylic acids is 1. The summed E-state index contributed by atoms with van der Waals surface area (Å²) in [5.41, 5.74) is 2.40. The minimum absolute atomic E-state index is 0.0893. The zero-order valence-electron chi connectivity index (χ0n) is 21.8. The highest BCUT2D eigenvalue weighted by atomic mass is 32.1. The molecule has 0 aliphatic carbocycles. The summed E-state index contributed by atoms with van der Waals surface area (Å²) in [6, 6.07) is 18.1. The number of hydrogen-bond acceptors (Lipinski definition) is 8. The van der Waals surface area contributed by atoms with Gasteiger partial charge in [0.15, 0.2) is 5.11 Å². The third kappa shape index (κ3) is 5.04. The number of ether oxygens (including phenoxy) is 2. The Morgan fingerprint density at radius 2 is 1.90 bits per heavy atom. The van der Waals surface area contributed by atoms with Gasteiger partial charge in [0.2, 0.25) is 5.91 Å². The second-order valence-corrected chi connectivity index (χ2v) is 9.29. The molecule has 0 bridgehead atoms. The number of nitro groups is 1. The van der Waals surface area contributed by atoms with Crippen LogP contribution in [0.2, 0.25) is 0 Å². The van der Waals surface area contributed by atoms with Crippen LogP contribution in [-0.4, -0.2) is 35.1 Å². The minimum atomic E-state index is -0.482. The van der Waals surface area contributed by atoms with Gasteiger partial charge in [0.1, 0.15) is 29.1 Å². The number of thiocarbonyl (C=S) groups is 1. The molecule has 2 atom stereocenters. The van der Waals surface area contributed by atoms with Crippen LogP contribution in [0, 0.1) is 10.1 Å². The van der Waals surface area contributed by atoms with Gasteiger partial charge in [-0.1, -0.05) is 6.07 Å². The summed E-state index contributed by atoms with van der Waals surface area (Å²) in [6.45, 7) is 1.42. The van der Waals surface area contributed by atoms with Crippen molar-refractivity contribution >= 4 is 40.3 Å². The molecule has 0 spiro atoms. The van der Waals surface area contributed by atoms with E-state index in [1.807, 2.05) is 35.2 Å². The van der Waals surface area contributed by atoms with Gasteiger partial charge in [0, 0.05) is 24.9 Å². The molecule has 1 aliphatic heterocycles. The highest BCUT2D eigenvalue weighted by Gasteiger charge is 2.43. The van der Waals surface area contributed by atoms with Crippen LogP contribution in [0.15, 0.2) is 77.3 Å². The van der Waals surface area contributed by atoms with Gasteiger partial charge < -0.3 is 29.4 Å². The number of hydrogen-bond donors (Lipinski definition) is 2. The lowest BCUT2D eigenvalue weighted by Crippen LogP contribution is -2.29. The Labute approximate surface area is 234 Å². The first-order valence-corrected chi connectivity index (χ1v) is 12.6. The third-order valence-electron chi connectivity index (χ3n) is 6.45. The quantitative estimate of drug-likeness (QED) is 0.164. The topological polar surface area (TPSA) is 132 Å². The summed E-state index contributed by atoms with van der Waals surface area (Å²) in [7, 11) is 2.97.